The molecule has 1 unspecified atom stereocenters. The molecule has 1 aliphatic carbocycles. The van der Waals surface area contributed by atoms with Crippen LogP contribution in [0.4, 0.5) is 4.39 Å². The first-order valence-corrected chi connectivity index (χ1v) is 11.7. The van der Waals surface area contributed by atoms with Gasteiger partial charge in [0, 0.05) is 34.8 Å². The fourth-order valence-corrected chi connectivity index (χ4v) is 5.27. The molecule has 0 spiro atoms. The van der Waals surface area contributed by atoms with Crippen LogP contribution in [0.1, 0.15) is 47.2 Å². The van der Waals surface area contributed by atoms with Crippen LogP contribution in [-0.4, -0.2) is 48.1 Å². The number of aromatic nitrogens is 1. The van der Waals surface area contributed by atoms with E-state index in [1.807, 2.05) is 12.1 Å². The van der Waals surface area contributed by atoms with Crippen molar-refractivity contribution in [2.75, 3.05) is 20.3 Å². The first-order chi connectivity index (χ1) is 16.1. The third kappa shape index (κ3) is 4.46. The largest absolute Gasteiger partial charge is 0.495 e. The van der Waals surface area contributed by atoms with Gasteiger partial charge in [-0.3, -0.25) is 9.69 Å². The average molecular weight is 488 g/mol. The summed E-state index contributed by atoms with van der Waals surface area (Å²) in [6.45, 7) is 1.35. The van der Waals surface area contributed by atoms with Crippen molar-refractivity contribution < 1.29 is 18.7 Å². The highest BCUT2D eigenvalue weighted by molar-refractivity contribution is 5.95. The maximum Gasteiger partial charge on any atom is 0.249 e. The number of para-hydroxylation sites is 1. The number of nitrogens with one attached hydrogen (secondary N) is 1. The summed E-state index contributed by atoms with van der Waals surface area (Å²) in [5.74, 6) is 0.0630. The highest BCUT2D eigenvalue weighted by atomic mass is 35.5. The molecule has 0 radical (unpaired) electrons. The summed E-state index contributed by atoms with van der Waals surface area (Å²) in [4.78, 5) is 17.8. The second-order valence-electron chi connectivity index (χ2n) is 9.06. The minimum absolute atomic E-state index is 0. The molecule has 2 heterocycles. The van der Waals surface area contributed by atoms with E-state index in [2.05, 4.69) is 22.1 Å². The van der Waals surface area contributed by atoms with Gasteiger partial charge >= 0.3 is 0 Å². The van der Waals surface area contributed by atoms with E-state index in [0.717, 1.165) is 30.7 Å². The van der Waals surface area contributed by atoms with Gasteiger partial charge in [0.1, 0.15) is 12.4 Å². The molecular weight excluding hydrogens is 457 g/mol. The van der Waals surface area contributed by atoms with Gasteiger partial charge in [0.05, 0.1) is 12.6 Å². The predicted octanol–water partition coefficient (Wildman–Crippen LogP) is 4.63. The van der Waals surface area contributed by atoms with Crippen molar-refractivity contribution >= 4 is 29.2 Å². The standard InChI is InChI=1S/C26H30FN3O3.ClH/c1-32-23-9-3-8-19-16(14-29-24(19)23)5-4-12-30(17-6-2-7-17)18-13-21-20(26(28)31)10-11-22(27)25(21)33-15-18;/h3,8-11,14,17-18,29H,2,4-7,12-13,15H2,1H3,(H2,28,31);1H. The van der Waals surface area contributed by atoms with Crippen LogP contribution in [0.5, 0.6) is 11.5 Å². The maximum atomic E-state index is 14.3. The van der Waals surface area contributed by atoms with Crippen molar-refractivity contribution in [2.24, 2.45) is 5.73 Å². The van der Waals surface area contributed by atoms with Crippen LogP contribution in [-0.2, 0) is 12.8 Å². The van der Waals surface area contributed by atoms with Gasteiger partial charge in [-0.05, 0) is 62.4 Å². The van der Waals surface area contributed by atoms with Crippen molar-refractivity contribution in [3.05, 3.63) is 59.0 Å². The van der Waals surface area contributed by atoms with Crippen LogP contribution in [0.25, 0.3) is 10.9 Å². The van der Waals surface area contributed by atoms with Crippen LogP contribution in [0.3, 0.4) is 0 Å². The summed E-state index contributed by atoms with van der Waals surface area (Å²) in [5, 5.41) is 1.20. The number of aryl methyl sites for hydroxylation is 1. The molecule has 1 aliphatic heterocycles. The van der Waals surface area contributed by atoms with E-state index in [-0.39, 0.29) is 24.2 Å². The second kappa shape index (κ2) is 10.2. The SMILES string of the molecule is COc1cccc2c(CCCN(C3CCC3)C3COc4c(F)ccc(C(N)=O)c4C3)c[nH]c12.Cl. The summed E-state index contributed by atoms with van der Waals surface area (Å²) in [6, 6.07) is 9.45. The molecule has 34 heavy (non-hydrogen) atoms. The highest BCUT2D eigenvalue weighted by Gasteiger charge is 2.35. The van der Waals surface area contributed by atoms with Gasteiger partial charge in [-0.1, -0.05) is 18.6 Å². The quantitative estimate of drug-likeness (QED) is 0.485. The number of nitrogens with two attached hydrogens (primary N) is 1. The smallest absolute Gasteiger partial charge is 0.249 e. The Morgan fingerprint density at radius 3 is 2.79 bits per heavy atom. The number of hydrogen-bond acceptors (Lipinski definition) is 4. The zero-order chi connectivity index (χ0) is 22.9. The Morgan fingerprint density at radius 1 is 1.26 bits per heavy atom. The number of methoxy groups -OCH3 is 1. The monoisotopic (exact) mass is 487 g/mol. The van der Waals surface area contributed by atoms with E-state index in [9.17, 15) is 9.18 Å². The van der Waals surface area contributed by atoms with Crippen LogP contribution in [0, 0.1) is 5.82 Å². The van der Waals surface area contributed by atoms with Crippen LogP contribution >= 0.6 is 12.4 Å². The summed E-state index contributed by atoms with van der Waals surface area (Å²) < 4.78 is 25.6. The lowest BCUT2D eigenvalue weighted by atomic mass is 9.87. The topological polar surface area (TPSA) is 80.6 Å². The number of nitrogens with zero attached hydrogens (tertiary/aromatic N) is 1. The Bertz CT molecular complexity index is 1180. The minimum atomic E-state index is -0.541. The minimum Gasteiger partial charge on any atom is -0.495 e. The Hall–Kier alpha value is -2.77. The van der Waals surface area contributed by atoms with Crippen LogP contribution < -0.4 is 15.2 Å². The number of rotatable bonds is 8. The van der Waals surface area contributed by atoms with E-state index < -0.39 is 11.7 Å². The number of halogens is 2. The van der Waals surface area contributed by atoms with Crippen molar-refractivity contribution in [3.8, 4) is 11.5 Å². The number of aromatic amines is 1. The molecule has 8 heteroatoms. The number of ether oxygens (including phenoxy) is 2. The summed E-state index contributed by atoms with van der Waals surface area (Å²) in [7, 11) is 1.69. The molecule has 5 rings (SSSR count). The van der Waals surface area contributed by atoms with E-state index in [1.165, 1.54) is 42.3 Å². The van der Waals surface area contributed by atoms with E-state index in [4.69, 9.17) is 15.2 Å². The summed E-state index contributed by atoms with van der Waals surface area (Å²) >= 11 is 0. The van der Waals surface area contributed by atoms with E-state index in [0.29, 0.717) is 30.2 Å². The Balaban J connectivity index is 0.00000274. The summed E-state index contributed by atoms with van der Waals surface area (Å²) in [6.07, 6.45) is 8.15. The Labute approximate surface area is 205 Å². The Morgan fingerprint density at radius 2 is 2.09 bits per heavy atom. The third-order valence-electron chi connectivity index (χ3n) is 7.20. The van der Waals surface area contributed by atoms with Crippen LogP contribution in [0.2, 0.25) is 0 Å². The second-order valence-corrected chi connectivity index (χ2v) is 9.06. The molecule has 3 aromatic rings. The van der Waals surface area contributed by atoms with E-state index >= 15 is 0 Å². The number of fused-ring (bicyclic) bond motifs is 2. The van der Waals surface area contributed by atoms with Gasteiger partial charge in [-0.25, -0.2) is 4.39 Å². The van der Waals surface area contributed by atoms with Crippen molar-refractivity contribution in [2.45, 2.75) is 50.6 Å². The first kappa shape index (κ1) is 24.4. The zero-order valence-electron chi connectivity index (χ0n) is 19.3. The lowest BCUT2D eigenvalue weighted by Crippen LogP contribution is -2.51. The average Bonchev–Trinajstić information content (AvgIpc) is 3.20. The van der Waals surface area contributed by atoms with Gasteiger partial charge in [-0.15, -0.1) is 12.4 Å². The number of primary amides is 1. The van der Waals surface area contributed by atoms with E-state index in [1.54, 1.807) is 7.11 Å². The fourth-order valence-electron chi connectivity index (χ4n) is 5.27. The normalized spacial score (nSPS) is 17.6. The highest BCUT2D eigenvalue weighted by Crippen LogP contribution is 2.35. The van der Waals surface area contributed by atoms with Crippen molar-refractivity contribution in [1.82, 2.24) is 9.88 Å². The number of carbonyl (C=O) groups is 1. The van der Waals surface area contributed by atoms with Gasteiger partial charge in [0.15, 0.2) is 11.6 Å². The number of amides is 1. The molecule has 1 amide bonds. The lowest BCUT2D eigenvalue weighted by Gasteiger charge is -2.44. The summed E-state index contributed by atoms with van der Waals surface area (Å²) in [5.41, 5.74) is 8.84. The predicted molar refractivity (Wildman–Crippen MR) is 133 cm³/mol. The van der Waals surface area contributed by atoms with Crippen LogP contribution in [0.15, 0.2) is 36.5 Å². The number of benzene rings is 2. The van der Waals surface area contributed by atoms with Gasteiger partial charge in [-0.2, -0.15) is 0 Å². The molecule has 1 aromatic heterocycles. The molecule has 1 atom stereocenters. The van der Waals surface area contributed by atoms with Gasteiger partial charge in [0.25, 0.3) is 0 Å². The molecule has 1 fully saturated rings. The number of hydrogen-bond donors (Lipinski definition) is 2. The molecule has 6 nitrogen and oxygen atoms in total. The molecule has 0 bridgehead atoms. The van der Waals surface area contributed by atoms with Crippen molar-refractivity contribution in [3.63, 3.8) is 0 Å². The lowest BCUT2D eigenvalue weighted by molar-refractivity contribution is 0.0421. The number of carbonyl (C=O) groups excluding carboxylic acids is 1. The van der Waals surface area contributed by atoms with Gasteiger partial charge in [0.2, 0.25) is 5.91 Å². The molecule has 2 aliphatic rings. The molecule has 182 valence electrons. The van der Waals surface area contributed by atoms with Crippen molar-refractivity contribution in [1.29, 1.82) is 0 Å². The molecule has 1 saturated carbocycles. The molecular formula is C26H31ClFN3O3. The molecule has 0 saturated heterocycles. The third-order valence-corrected chi connectivity index (χ3v) is 7.20. The zero-order valence-corrected chi connectivity index (χ0v) is 20.1. The first-order valence-electron chi connectivity index (χ1n) is 11.7. The number of H-pyrrole nitrogens is 1. The van der Waals surface area contributed by atoms with Gasteiger partial charge < -0.3 is 20.2 Å². The maximum absolute atomic E-state index is 14.3. The Kier molecular flexibility index (Phi) is 7.33. The molecule has 2 aromatic carbocycles. The fraction of sp³-hybridized carbons (Fsp3) is 0.423. The molecule has 3 N–H and O–H groups in total.